The van der Waals surface area contributed by atoms with E-state index in [1.807, 2.05) is 43.3 Å². The normalized spacial score (nSPS) is 22.4. The number of aliphatic hydroxyl groups is 1. The van der Waals surface area contributed by atoms with Crippen LogP contribution in [0, 0.1) is 0 Å². The molecule has 2 atom stereocenters. The summed E-state index contributed by atoms with van der Waals surface area (Å²) < 4.78 is 0. The molecule has 2 fully saturated rings. The van der Waals surface area contributed by atoms with Gasteiger partial charge in [0.25, 0.3) is 5.91 Å². The van der Waals surface area contributed by atoms with E-state index < -0.39 is 5.54 Å². The van der Waals surface area contributed by atoms with E-state index >= 15 is 0 Å². The Kier molecular flexibility index (Phi) is 4.92. The lowest BCUT2D eigenvalue weighted by atomic mass is 9.60. The van der Waals surface area contributed by atoms with Crippen molar-refractivity contribution in [3.05, 3.63) is 65.8 Å². The highest BCUT2D eigenvalue weighted by Gasteiger charge is 2.68. The van der Waals surface area contributed by atoms with Crippen LogP contribution in [-0.4, -0.2) is 68.0 Å². The van der Waals surface area contributed by atoms with E-state index in [4.69, 9.17) is 0 Å². The number of hydrogen-bond acceptors (Lipinski definition) is 5. The number of aromatic nitrogens is 2. The van der Waals surface area contributed by atoms with Gasteiger partial charge in [-0.05, 0) is 18.1 Å². The SMILES string of the molecule is CC=Cc1ccc([C@@H]2[C@@H](CO)N(C(=O)c3cnccn3)C23CN(C(C)=O)C3)cc1. The van der Waals surface area contributed by atoms with Gasteiger partial charge in [-0.1, -0.05) is 36.4 Å². The molecular weight excluding hydrogens is 368 g/mol. The van der Waals surface area contributed by atoms with E-state index in [2.05, 4.69) is 9.97 Å². The Morgan fingerprint density at radius 3 is 2.52 bits per heavy atom. The molecule has 0 saturated carbocycles. The molecule has 1 aromatic carbocycles. The third-order valence-electron chi connectivity index (χ3n) is 5.99. The lowest BCUT2D eigenvalue weighted by Crippen LogP contribution is -2.85. The number of carbonyl (C=O) groups is 2. The first-order valence-corrected chi connectivity index (χ1v) is 9.70. The Balaban J connectivity index is 1.69. The van der Waals surface area contributed by atoms with Gasteiger partial charge in [0.1, 0.15) is 5.69 Å². The highest BCUT2D eigenvalue weighted by Crippen LogP contribution is 2.54. The summed E-state index contributed by atoms with van der Waals surface area (Å²) in [7, 11) is 0. The van der Waals surface area contributed by atoms with E-state index in [-0.39, 0.29) is 36.1 Å². The number of hydrogen-bond donors (Lipinski definition) is 1. The predicted molar refractivity (Wildman–Crippen MR) is 108 cm³/mol. The van der Waals surface area contributed by atoms with Crippen LogP contribution in [0.3, 0.4) is 0 Å². The quantitative estimate of drug-likeness (QED) is 0.856. The van der Waals surface area contributed by atoms with Crippen LogP contribution in [0.5, 0.6) is 0 Å². The lowest BCUT2D eigenvalue weighted by molar-refractivity contribution is -0.177. The second kappa shape index (κ2) is 7.40. The molecule has 0 unspecified atom stereocenters. The molecule has 4 rings (SSSR count). The Morgan fingerprint density at radius 2 is 1.97 bits per heavy atom. The van der Waals surface area contributed by atoms with Crippen LogP contribution >= 0.6 is 0 Å². The van der Waals surface area contributed by atoms with Crippen LogP contribution in [-0.2, 0) is 4.79 Å². The first-order valence-electron chi connectivity index (χ1n) is 9.70. The molecule has 2 aromatic rings. The summed E-state index contributed by atoms with van der Waals surface area (Å²) in [6, 6.07) is 7.79. The Labute approximate surface area is 169 Å². The van der Waals surface area contributed by atoms with Crippen molar-refractivity contribution in [3.8, 4) is 0 Å². The number of nitrogens with zero attached hydrogens (tertiary/aromatic N) is 4. The maximum Gasteiger partial charge on any atom is 0.275 e. The molecule has 2 saturated heterocycles. The fraction of sp³-hybridized carbons (Fsp3) is 0.364. The van der Waals surface area contributed by atoms with Crippen molar-refractivity contribution in [2.45, 2.75) is 31.3 Å². The number of amides is 2. The Bertz CT molecular complexity index is 936. The molecule has 7 heteroatoms. The molecular formula is C22H24N4O3. The van der Waals surface area contributed by atoms with Gasteiger partial charge < -0.3 is 14.9 Å². The van der Waals surface area contributed by atoms with Gasteiger partial charge in [0, 0.05) is 38.3 Å². The maximum atomic E-state index is 13.2. The van der Waals surface area contributed by atoms with Gasteiger partial charge in [0.15, 0.2) is 0 Å². The number of carbonyl (C=O) groups excluding carboxylic acids is 2. The minimum absolute atomic E-state index is 0.0165. The van der Waals surface area contributed by atoms with Gasteiger partial charge in [0.05, 0.1) is 24.4 Å². The van der Waals surface area contributed by atoms with Crippen LogP contribution in [0.1, 0.15) is 41.4 Å². The van der Waals surface area contributed by atoms with Gasteiger partial charge >= 0.3 is 0 Å². The first-order chi connectivity index (χ1) is 14.0. The summed E-state index contributed by atoms with van der Waals surface area (Å²) in [6.07, 6.45) is 8.43. The zero-order valence-electron chi connectivity index (χ0n) is 16.5. The van der Waals surface area contributed by atoms with Gasteiger partial charge in [-0.3, -0.25) is 14.6 Å². The van der Waals surface area contributed by atoms with Crippen molar-refractivity contribution in [2.24, 2.45) is 0 Å². The standard InChI is InChI=1S/C22H24N4O3/c1-3-4-16-5-7-17(8-6-16)20-19(12-27)26(21(29)18-11-23-9-10-24-18)22(20)13-25(14-22)15(2)28/h3-11,19-20,27H,12-14H2,1-2H3/t19-,20-/m1/s1. The van der Waals surface area contributed by atoms with Crippen LogP contribution in [0.2, 0.25) is 0 Å². The molecule has 150 valence electrons. The molecule has 2 amide bonds. The van der Waals surface area contributed by atoms with Crippen molar-refractivity contribution < 1.29 is 14.7 Å². The minimum atomic E-state index is -0.532. The lowest BCUT2D eigenvalue weighted by Gasteiger charge is -2.70. The van der Waals surface area contributed by atoms with Gasteiger partial charge in [-0.15, -0.1) is 0 Å². The van der Waals surface area contributed by atoms with E-state index in [0.717, 1.165) is 11.1 Å². The fourth-order valence-corrected chi connectivity index (χ4v) is 4.70. The predicted octanol–water partition coefficient (Wildman–Crippen LogP) is 1.71. The number of likely N-dealkylation sites (tertiary alicyclic amines) is 2. The zero-order chi connectivity index (χ0) is 20.6. The summed E-state index contributed by atoms with van der Waals surface area (Å²) in [5.41, 5.74) is 1.87. The maximum absolute atomic E-state index is 13.2. The van der Waals surface area contributed by atoms with Gasteiger partial charge in [-0.2, -0.15) is 0 Å². The van der Waals surface area contributed by atoms with Crippen LogP contribution < -0.4 is 0 Å². The second-order valence-corrected chi connectivity index (χ2v) is 7.64. The summed E-state index contributed by atoms with van der Waals surface area (Å²) in [5, 5.41) is 10.1. The number of allylic oxidation sites excluding steroid dienone is 1. The second-order valence-electron chi connectivity index (χ2n) is 7.64. The van der Waals surface area contributed by atoms with E-state index in [9.17, 15) is 14.7 Å². The molecule has 29 heavy (non-hydrogen) atoms. The Hall–Kier alpha value is -3.06. The average Bonchev–Trinajstić information content (AvgIpc) is 2.68. The summed E-state index contributed by atoms with van der Waals surface area (Å²) in [5.74, 6) is -0.331. The fourth-order valence-electron chi connectivity index (χ4n) is 4.70. The van der Waals surface area contributed by atoms with Crippen LogP contribution in [0.4, 0.5) is 0 Å². The third kappa shape index (κ3) is 3.02. The van der Waals surface area contributed by atoms with Crippen LogP contribution in [0.25, 0.3) is 6.08 Å². The van der Waals surface area contributed by atoms with E-state index in [1.54, 1.807) is 9.80 Å². The molecule has 0 bridgehead atoms. The zero-order valence-corrected chi connectivity index (χ0v) is 16.5. The van der Waals surface area contributed by atoms with Crippen molar-refractivity contribution in [1.29, 1.82) is 0 Å². The molecule has 1 aromatic heterocycles. The van der Waals surface area contributed by atoms with Crippen molar-refractivity contribution in [2.75, 3.05) is 19.7 Å². The molecule has 2 aliphatic heterocycles. The van der Waals surface area contributed by atoms with Crippen LogP contribution in [0.15, 0.2) is 48.9 Å². The minimum Gasteiger partial charge on any atom is -0.394 e. The number of aliphatic hydroxyl groups excluding tert-OH is 1. The summed E-state index contributed by atoms with van der Waals surface area (Å²) in [6.45, 7) is 4.25. The third-order valence-corrected chi connectivity index (χ3v) is 5.99. The molecule has 7 nitrogen and oxygen atoms in total. The molecule has 2 aliphatic rings. The first kappa shape index (κ1) is 19.3. The van der Waals surface area contributed by atoms with Gasteiger partial charge in [-0.25, -0.2) is 4.98 Å². The van der Waals surface area contributed by atoms with Crippen molar-refractivity contribution >= 4 is 17.9 Å². The summed E-state index contributed by atoms with van der Waals surface area (Å²) >= 11 is 0. The average molecular weight is 392 g/mol. The molecule has 1 spiro atoms. The number of rotatable bonds is 4. The highest BCUT2D eigenvalue weighted by atomic mass is 16.3. The van der Waals surface area contributed by atoms with Crippen molar-refractivity contribution in [3.63, 3.8) is 0 Å². The molecule has 1 N–H and O–H groups in total. The van der Waals surface area contributed by atoms with E-state index in [0.29, 0.717) is 13.1 Å². The van der Waals surface area contributed by atoms with Gasteiger partial charge in [0.2, 0.25) is 5.91 Å². The molecule has 0 radical (unpaired) electrons. The summed E-state index contributed by atoms with van der Waals surface area (Å²) in [4.78, 5) is 36.6. The number of benzene rings is 1. The van der Waals surface area contributed by atoms with Crippen molar-refractivity contribution in [1.82, 2.24) is 19.8 Å². The van der Waals surface area contributed by atoms with E-state index in [1.165, 1.54) is 25.5 Å². The molecule has 3 heterocycles. The molecule has 0 aliphatic carbocycles. The topological polar surface area (TPSA) is 86.6 Å². The Morgan fingerprint density at radius 1 is 1.24 bits per heavy atom. The smallest absolute Gasteiger partial charge is 0.275 e. The monoisotopic (exact) mass is 392 g/mol. The highest BCUT2D eigenvalue weighted by molar-refractivity contribution is 5.94. The largest absolute Gasteiger partial charge is 0.394 e.